The van der Waals surface area contributed by atoms with Crippen LogP contribution in [-0.2, 0) is 9.59 Å². The lowest BCUT2D eigenvalue weighted by atomic mass is 9.88. The van der Waals surface area contributed by atoms with Gasteiger partial charge < -0.3 is 21.7 Å². The zero-order chi connectivity index (χ0) is 16.8. The van der Waals surface area contributed by atoms with Gasteiger partial charge in [0, 0.05) is 18.9 Å². The van der Waals surface area contributed by atoms with E-state index in [1.807, 2.05) is 6.92 Å². The monoisotopic (exact) mass is 318 g/mol. The Morgan fingerprint density at radius 1 is 1.30 bits per heavy atom. The molecule has 0 spiro atoms. The van der Waals surface area contributed by atoms with E-state index in [0.29, 0.717) is 17.2 Å². The summed E-state index contributed by atoms with van der Waals surface area (Å²) < 4.78 is 0. The molecule has 1 atom stereocenters. The van der Waals surface area contributed by atoms with Gasteiger partial charge in [-0.1, -0.05) is 19.1 Å². The average molecular weight is 318 g/mol. The van der Waals surface area contributed by atoms with Gasteiger partial charge in [0.15, 0.2) is 0 Å². The fourth-order valence-corrected chi connectivity index (χ4v) is 2.31. The van der Waals surface area contributed by atoms with Crippen molar-refractivity contribution >= 4 is 23.4 Å². The number of nitrogens with two attached hydrogens (primary N) is 1. The Bertz CT molecular complexity index is 599. The smallest absolute Gasteiger partial charge is 0.253 e. The van der Waals surface area contributed by atoms with Gasteiger partial charge in [-0.25, -0.2) is 0 Å². The van der Waals surface area contributed by atoms with Gasteiger partial charge in [-0.05, 0) is 31.1 Å². The van der Waals surface area contributed by atoms with Crippen LogP contribution in [0.4, 0.5) is 5.69 Å². The van der Waals surface area contributed by atoms with Gasteiger partial charge >= 0.3 is 0 Å². The van der Waals surface area contributed by atoms with Gasteiger partial charge in [-0.2, -0.15) is 0 Å². The number of anilines is 1. The van der Waals surface area contributed by atoms with E-state index < -0.39 is 5.91 Å². The number of nitrogens with one attached hydrogen (secondary N) is 3. The van der Waals surface area contributed by atoms with Crippen LogP contribution < -0.4 is 21.7 Å². The molecule has 0 bridgehead atoms. The van der Waals surface area contributed by atoms with Gasteiger partial charge in [0.05, 0.1) is 11.3 Å². The molecule has 1 aromatic rings. The van der Waals surface area contributed by atoms with E-state index in [-0.39, 0.29) is 30.7 Å². The highest BCUT2D eigenvalue weighted by Crippen LogP contribution is 2.20. The number of benzene rings is 1. The molecule has 124 valence electrons. The Balaban J connectivity index is 2.00. The van der Waals surface area contributed by atoms with Crippen LogP contribution in [0.2, 0.25) is 0 Å². The molecular weight excluding hydrogens is 296 g/mol. The number of hydrogen-bond donors (Lipinski definition) is 4. The Labute approximate surface area is 135 Å². The van der Waals surface area contributed by atoms with E-state index in [1.54, 1.807) is 24.3 Å². The molecule has 7 nitrogen and oxygen atoms in total. The van der Waals surface area contributed by atoms with E-state index in [9.17, 15) is 14.4 Å². The van der Waals surface area contributed by atoms with Crippen LogP contribution in [0.25, 0.3) is 0 Å². The summed E-state index contributed by atoms with van der Waals surface area (Å²) in [6, 6.07) is 6.79. The number of para-hydroxylation sites is 1. The molecule has 3 amide bonds. The standard InChI is InChI=1S/C16H22N4O3/c1-10(11-8-18-9-11)15(22)20-13-5-3-2-4-12(13)16(23)19-7-6-14(17)21/h2-5,10-11,18H,6-9H2,1H3,(H2,17,21)(H,19,23)(H,20,22). The van der Waals surface area contributed by atoms with Crippen LogP contribution >= 0.6 is 0 Å². The topological polar surface area (TPSA) is 113 Å². The summed E-state index contributed by atoms with van der Waals surface area (Å²) in [5.41, 5.74) is 5.87. The summed E-state index contributed by atoms with van der Waals surface area (Å²) in [5, 5.41) is 8.58. The SMILES string of the molecule is CC(C(=O)Nc1ccccc1C(=O)NCCC(N)=O)C1CNC1. The molecule has 0 aliphatic carbocycles. The summed E-state index contributed by atoms with van der Waals surface area (Å²) in [7, 11) is 0. The average Bonchev–Trinajstić information content (AvgIpc) is 2.45. The Hall–Kier alpha value is -2.41. The molecule has 0 aromatic heterocycles. The Morgan fingerprint density at radius 3 is 2.61 bits per heavy atom. The predicted octanol–water partition coefficient (Wildman–Crippen LogP) is 0.0858. The van der Waals surface area contributed by atoms with Crippen molar-refractivity contribution in [1.29, 1.82) is 0 Å². The summed E-state index contributed by atoms with van der Waals surface area (Å²) in [6.07, 6.45) is 0.0754. The quantitative estimate of drug-likeness (QED) is 0.570. The first kappa shape index (κ1) is 17.0. The highest BCUT2D eigenvalue weighted by atomic mass is 16.2. The van der Waals surface area contributed by atoms with Crippen LogP contribution in [0, 0.1) is 11.8 Å². The van der Waals surface area contributed by atoms with Crippen LogP contribution in [0.3, 0.4) is 0 Å². The molecule has 2 rings (SSSR count). The minimum Gasteiger partial charge on any atom is -0.370 e. The number of amides is 3. The van der Waals surface area contributed by atoms with Gasteiger partial charge in [0.2, 0.25) is 11.8 Å². The van der Waals surface area contributed by atoms with Gasteiger partial charge in [-0.3, -0.25) is 14.4 Å². The summed E-state index contributed by atoms with van der Waals surface area (Å²) in [5.74, 6) is -0.724. The van der Waals surface area contributed by atoms with Crippen LogP contribution in [0.15, 0.2) is 24.3 Å². The maximum Gasteiger partial charge on any atom is 0.253 e. The molecule has 1 aliphatic rings. The molecule has 1 aromatic carbocycles. The Kier molecular flexibility index (Phi) is 5.70. The van der Waals surface area contributed by atoms with Gasteiger partial charge in [0.25, 0.3) is 5.91 Å². The van der Waals surface area contributed by atoms with Crippen LogP contribution in [-0.4, -0.2) is 37.4 Å². The van der Waals surface area contributed by atoms with E-state index in [4.69, 9.17) is 5.73 Å². The molecule has 5 N–H and O–H groups in total. The lowest BCUT2D eigenvalue weighted by Crippen LogP contribution is -2.48. The van der Waals surface area contributed by atoms with Crippen molar-refractivity contribution in [1.82, 2.24) is 10.6 Å². The maximum atomic E-state index is 12.3. The number of carbonyl (C=O) groups is 3. The van der Waals surface area contributed by atoms with Crippen molar-refractivity contribution in [3.8, 4) is 0 Å². The fourth-order valence-electron chi connectivity index (χ4n) is 2.31. The predicted molar refractivity (Wildman–Crippen MR) is 86.7 cm³/mol. The highest BCUT2D eigenvalue weighted by Gasteiger charge is 2.29. The first-order valence-corrected chi connectivity index (χ1v) is 7.66. The molecule has 23 heavy (non-hydrogen) atoms. The first-order valence-electron chi connectivity index (χ1n) is 7.66. The third-order valence-electron chi connectivity index (χ3n) is 4.02. The largest absolute Gasteiger partial charge is 0.370 e. The molecule has 0 saturated carbocycles. The zero-order valence-corrected chi connectivity index (χ0v) is 13.1. The molecular formula is C16H22N4O3. The van der Waals surface area contributed by atoms with E-state index >= 15 is 0 Å². The third kappa shape index (κ3) is 4.53. The minimum absolute atomic E-state index is 0.0754. The first-order chi connectivity index (χ1) is 11.0. The lowest BCUT2D eigenvalue weighted by molar-refractivity contribution is -0.121. The zero-order valence-electron chi connectivity index (χ0n) is 13.1. The Morgan fingerprint density at radius 2 is 2.00 bits per heavy atom. The molecule has 1 aliphatic heterocycles. The fraction of sp³-hybridized carbons (Fsp3) is 0.438. The second kappa shape index (κ2) is 7.73. The van der Waals surface area contributed by atoms with E-state index in [2.05, 4.69) is 16.0 Å². The molecule has 1 saturated heterocycles. The van der Waals surface area contributed by atoms with E-state index in [1.165, 1.54) is 0 Å². The van der Waals surface area contributed by atoms with Crippen molar-refractivity contribution in [2.75, 3.05) is 25.0 Å². The third-order valence-corrected chi connectivity index (χ3v) is 4.02. The van der Waals surface area contributed by atoms with Crippen LogP contribution in [0.1, 0.15) is 23.7 Å². The normalized spacial score (nSPS) is 15.3. The number of hydrogen-bond acceptors (Lipinski definition) is 4. The van der Waals surface area contributed by atoms with Gasteiger partial charge in [0.1, 0.15) is 0 Å². The lowest BCUT2D eigenvalue weighted by Gasteiger charge is -2.31. The second-order valence-corrected chi connectivity index (χ2v) is 5.71. The van der Waals surface area contributed by atoms with Gasteiger partial charge in [-0.15, -0.1) is 0 Å². The van der Waals surface area contributed by atoms with Crippen molar-refractivity contribution in [3.05, 3.63) is 29.8 Å². The summed E-state index contributed by atoms with van der Waals surface area (Å²) in [6.45, 7) is 3.73. The number of primary amides is 1. The highest BCUT2D eigenvalue weighted by molar-refractivity contribution is 6.04. The van der Waals surface area contributed by atoms with Crippen LogP contribution in [0.5, 0.6) is 0 Å². The second-order valence-electron chi connectivity index (χ2n) is 5.71. The molecule has 1 unspecified atom stereocenters. The van der Waals surface area contributed by atoms with E-state index in [0.717, 1.165) is 13.1 Å². The van der Waals surface area contributed by atoms with Crippen molar-refractivity contribution in [2.45, 2.75) is 13.3 Å². The maximum absolute atomic E-state index is 12.3. The number of carbonyl (C=O) groups excluding carboxylic acids is 3. The van der Waals surface area contributed by atoms with Crippen molar-refractivity contribution in [3.63, 3.8) is 0 Å². The minimum atomic E-state index is -0.477. The number of rotatable bonds is 7. The molecule has 1 heterocycles. The molecule has 1 fully saturated rings. The molecule has 0 radical (unpaired) electrons. The summed E-state index contributed by atoms with van der Waals surface area (Å²) in [4.78, 5) is 35.2. The van der Waals surface area contributed by atoms with Crippen molar-refractivity contribution in [2.24, 2.45) is 17.6 Å². The van der Waals surface area contributed by atoms with Crippen molar-refractivity contribution < 1.29 is 14.4 Å². The molecule has 7 heteroatoms. The summed E-state index contributed by atoms with van der Waals surface area (Å²) >= 11 is 0.